The number of sulfonamides is 1. The molecular formula is C12H16N2O5S. The number of carboxylic acid groups (broad SMARTS) is 1. The second-order valence-corrected chi connectivity index (χ2v) is 6.06. The van der Waals surface area contributed by atoms with E-state index in [0.717, 1.165) is 4.31 Å². The van der Waals surface area contributed by atoms with Crippen LogP contribution in [0, 0.1) is 0 Å². The van der Waals surface area contributed by atoms with Gasteiger partial charge < -0.3 is 10.4 Å². The first kappa shape index (κ1) is 16.1. The molecule has 0 fully saturated rings. The van der Waals surface area contributed by atoms with Crippen molar-refractivity contribution in [1.29, 1.82) is 0 Å². The highest BCUT2D eigenvalue weighted by atomic mass is 32.2. The summed E-state index contributed by atoms with van der Waals surface area (Å²) in [6, 6.07) is 5.36. The molecule has 0 atom stereocenters. The monoisotopic (exact) mass is 300 g/mol. The van der Waals surface area contributed by atoms with Crippen molar-refractivity contribution in [3.8, 4) is 0 Å². The molecule has 0 saturated heterocycles. The summed E-state index contributed by atoms with van der Waals surface area (Å²) in [5.74, 6) is -1.61. The Kier molecular flexibility index (Phi) is 5.23. The Balaban J connectivity index is 3.05. The van der Waals surface area contributed by atoms with Gasteiger partial charge in [0, 0.05) is 27.1 Å². The first-order valence-corrected chi connectivity index (χ1v) is 7.24. The fourth-order valence-corrected chi connectivity index (χ4v) is 2.89. The SMILES string of the molecule is CNC(=O)CCN(C)S(=O)(=O)c1ccccc1C(=O)O. The van der Waals surface area contributed by atoms with E-state index in [-0.39, 0.29) is 29.3 Å². The van der Waals surface area contributed by atoms with Crippen molar-refractivity contribution in [1.82, 2.24) is 9.62 Å². The van der Waals surface area contributed by atoms with Crippen LogP contribution >= 0.6 is 0 Å². The van der Waals surface area contributed by atoms with E-state index < -0.39 is 16.0 Å². The molecule has 0 radical (unpaired) electrons. The zero-order chi connectivity index (χ0) is 15.3. The van der Waals surface area contributed by atoms with E-state index in [2.05, 4.69) is 5.32 Å². The molecule has 8 heteroatoms. The third-order valence-corrected chi connectivity index (χ3v) is 4.65. The van der Waals surface area contributed by atoms with E-state index >= 15 is 0 Å². The molecule has 0 aliphatic carbocycles. The van der Waals surface area contributed by atoms with Crippen LogP contribution in [0.1, 0.15) is 16.8 Å². The Hall–Kier alpha value is -1.93. The van der Waals surface area contributed by atoms with Gasteiger partial charge in [-0.3, -0.25) is 4.79 Å². The van der Waals surface area contributed by atoms with Crippen LogP contribution in [-0.4, -0.2) is 50.3 Å². The summed E-state index contributed by atoms with van der Waals surface area (Å²) >= 11 is 0. The molecule has 2 N–H and O–H groups in total. The minimum absolute atomic E-state index is 0.00146. The Morgan fingerprint density at radius 1 is 1.30 bits per heavy atom. The third-order valence-electron chi connectivity index (χ3n) is 2.74. The normalized spacial score (nSPS) is 11.3. The number of aromatic carboxylic acids is 1. The second-order valence-electron chi connectivity index (χ2n) is 4.05. The van der Waals surface area contributed by atoms with Crippen molar-refractivity contribution in [3.05, 3.63) is 29.8 Å². The van der Waals surface area contributed by atoms with E-state index in [1.54, 1.807) is 0 Å². The number of hydrogen-bond donors (Lipinski definition) is 2. The molecule has 0 saturated carbocycles. The topological polar surface area (TPSA) is 104 Å². The lowest BCUT2D eigenvalue weighted by Gasteiger charge is -2.17. The zero-order valence-corrected chi connectivity index (χ0v) is 12.0. The number of nitrogens with one attached hydrogen (secondary N) is 1. The smallest absolute Gasteiger partial charge is 0.337 e. The molecule has 1 rings (SSSR count). The van der Waals surface area contributed by atoms with Gasteiger partial charge in [-0.05, 0) is 12.1 Å². The average Bonchev–Trinajstić information content (AvgIpc) is 2.43. The Labute approximate surface area is 117 Å². The van der Waals surface area contributed by atoms with Gasteiger partial charge in [0.1, 0.15) is 0 Å². The Morgan fingerprint density at radius 2 is 1.90 bits per heavy atom. The number of carbonyl (C=O) groups excluding carboxylic acids is 1. The summed E-state index contributed by atoms with van der Waals surface area (Å²) in [5, 5.41) is 11.4. The van der Waals surface area contributed by atoms with Crippen LogP contribution in [0.25, 0.3) is 0 Å². The standard InChI is InChI=1S/C12H16N2O5S/c1-13-11(15)7-8-14(2)20(18,19)10-6-4-3-5-9(10)12(16)17/h3-6H,7-8H2,1-2H3,(H,13,15)(H,16,17). The summed E-state index contributed by atoms with van der Waals surface area (Å²) in [7, 11) is -1.19. The molecule has 0 heterocycles. The molecule has 0 aromatic heterocycles. The predicted octanol–water partition coefficient (Wildman–Crippen LogP) is 0.141. The average molecular weight is 300 g/mol. The molecule has 1 aromatic carbocycles. The summed E-state index contributed by atoms with van der Waals surface area (Å²) in [6.07, 6.45) is 0.00146. The molecule has 1 amide bonds. The molecule has 20 heavy (non-hydrogen) atoms. The van der Waals surface area contributed by atoms with Crippen LogP contribution in [0.3, 0.4) is 0 Å². The Bertz CT molecular complexity index is 612. The van der Waals surface area contributed by atoms with Crippen molar-refractivity contribution >= 4 is 21.9 Å². The van der Waals surface area contributed by atoms with Gasteiger partial charge in [-0.1, -0.05) is 12.1 Å². The zero-order valence-electron chi connectivity index (χ0n) is 11.2. The van der Waals surface area contributed by atoms with Gasteiger partial charge in [0.15, 0.2) is 0 Å². The third kappa shape index (κ3) is 3.55. The van der Waals surface area contributed by atoms with Crippen molar-refractivity contribution in [2.45, 2.75) is 11.3 Å². The maximum absolute atomic E-state index is 12.3. The lowest BCUT2D eigenvalue weighted by atomic mass is 10.2. The van der Waals surface area contributed by atoms with Gasteiger partial charge in [-0.25, -0.2) is 17.5 Å². The molecule has 1 aromatic rings. The first-order valence-electron chi connectivity index (χ1n) is 5.80. The minimum Gasteiger partial charge on any atom is -0.478 e. The quantitative estimate of drug-likeness (QED) is 0.778. The predicted molar refractivity (Wildman–Crippen MR) is 71.9 cm³/mol. The van der Waals surface area contributed by atoms with Crippen LogP contribution in [-0.2, 0) is 14.8 Å². The number of carboxylic acids is 1. The van der Waals surface area contributed by atoms with E-state index in [9.17, 15) is 18.0 Å². The molecule has 0 aliphatic rings. The maximum atomic E-state index is 12.3. The van der Waals surface area contributed by atoms with E-state index in [0.29, 0.717) is 0 Å². The van der Waals surface area contributed by atoms with Gasteiger partial charge in [0.25, 0.3) is 0 Å². The molecule has 0 unspecified atom stereocenters. The summed E-state index contributed by atoms with van der Waals surface area (Å²) in [6.45, 7) is -0.0318. The highest BCUT2D eigenvalue weighted by Gasteiger charge is 2.26. The summed E-state index contributed by atoms with van der Waals surface area (Å²) in [4.78, 5) is 21.9. The van der Waals surface area contributed by atoms with Crippen molar-refractivity contribution in [2.75, 3.05) is 20.6 Å². The molecule has 110 valence electrons. The summed E-state index contributed by atoms with van der Waals surface area (Å²) < 4.78 is 25.5. The minimum atomic E-state index is -3.95. The van der Waals surface area contributed by atoms with Gasteiger partial charge in [0.2, 0.25) is 15.9 Å². The van der Waals surface area contributed by atoms with Gasteiger partial charge >= 0.3 is 5.97 Å². The number of nitrogens with zero attached hydrogens (tertiary/aromatic N) is 1. The van der Waals surface area contributed by atoms with Crippen molar-refractivity contribution in [2.24, 2.45) is 0 Å². The van der Waals surface area contributed by atoms with Gasteiger partial charge in [0.05, 0.1) is 10.5 Å². The highest BCUT2D eigenvalue weighted by molar-refractivity contribution is 7.89. The van der Waals surface area contributed by atoms with Crippen LogP contribution in [0.2, 0.25) is 0 Å². The molecule has 0 spiro atoms. The van der Waals surface area contributed by atoms with E-state index in [4.69, 9.17) is 5.11 Å². The van der Waals surface area contributed by atoms with E-state index in [1.165, 1.54) is 38.4 Å². The van der Waals surface area contributed by atoms with Gasteiger partial charge in [-0.15, -0.1) is 0 Å². The van der Waals surface area contributed by atoms with Crippen LogP contribution in [0.4, 0.5) is 0 Å². The van der Waals surface area contributed by atoms with Crippen molar-refractivity contribution < 1.29 is 23.1 Å². The highest BCUT2D eigenvalue weighted by Crippen LogP contribution is 2.19. The molecule has 0 aliphatic heterocycles. The molecular weight excluding hydrogens is 284 g/mol. The number of rotatable bonds is 6. The fraction of sp³-hybridized carbons (Fsp3) is 0.333. The number of hydrogen-bond acceptors (Lipinski definition) is 4. The Morgan fingerprint density at radius 3 is 2.45 bits per heavy atom. The maximum Gasteiger partial charge on any atom is 0.337 e. The second kappa shape index (κ2) is 6.49. The van der Waals surface area contributed by atoms with Crippen LogP contribution in [0.15, 0.2) is 29.2 Å². The van der Waals surface area contributed by atoms with Crippen LogP contribution in [0.5, 0.6) is 0 Å². The molecule has 7 nitrogen and oxygen atoms in total. The number of carbonyl (C=O) groups is 2. The van der Waals surface area contributed by atoms with E-state index in [1.807, 2.05) is 0 Å². The van der Waals surface area contributed by atoms with Gasteiger partial charge in [-0.2, -0.15) is 0 Å². The summed E-state index contributed by atoms with van der Waals surface area (Å²) in [5.41, 5.74) is -0.292. The van der Waals surface area contributed by atoms with Crippen molar-refractivity contribution in [3.63, 3.8) is 0 Å². The first-order chi connectivity index (χ1) is 9.30. The molecule has 0 bridgehead atoms. The fourth-order valence-electron chi connectivity index (χ4n) is 1.54. The lowest BCUT2D eigenvalue weighted by molar-refractivity contribution is -0.120. The lowest BCUT2D eigenvalue weighted by Crippen LogP contribution is -2.32. The van der Waals surface area contributed by atoms with Crippen LogP contribution < -0.4 is 5.32 Å². The number of benzene rings is 1. The number of amides is 1. The largest absolute Gasteiger partial charge is 0.478 e.